The molecule has 0 atom stereocenters. The SMILES string of the molecule is COc1ccc(S(=O)(=O)Nc2ccc(C(=O)Nc3nc4c(C)ccc(Cl)c4s3)cc2)cc1. The fourth-order valence-corrected chi connectivity index (χ4v) is 5.25. The highest BCUT2D eigenvalue weighted by molar-refractivity contribution is 7.92. The third-order valence-corrected chi connectivity index (χ3v) is 7.52. The van der Waals surface area contributed by atoms with Gasteiger partial charge in [-0.15, -0.1) is 0 Å². The van der Waals surface area contributed by atoms with E-state index in [2.05, 4.69) is 15.0 Å². The van der Waals surface area contributed by atoms with Crippen molar-refractivity contribution in [3.05, 3.63) is 76.8 Å². The molecule has 0 fully saturated rings. The number of nitrogens with zero attached hydrogens (tertiary/aromatic N) is 1. The van der Waals surface area contributed by atoms with Crippen LogP contribution in [0.5, 0.6) is 5.75 Å². The molecular weight excluding hydrogens is 470 g/mol. The molecule has 1 heterocycles. The van der Waals surface area contributed by atoms with Crippen molar-refractivity contribution in [1.82, 2.24) is 4.98 Å². The van der Waals surface area contributed by atoms with Gasteiger partial charge in [-0.1, -0.05) is 29.0 Å². The number of amides is 1. The zero-order valence-corrected chi connectivity index (χ0v) is 19.4. The lowest BCUT2D eigenvalue weighted by Crippen LogP contribution is -2.14. The second kappa shape index (κ2) is 8.78. The summed E-state index contributed by atoms with van der Waals surface area (Å²) in [6.45, 7) is 1.93. The number of hydrogen-bond acceptors (Lipinski definition) is 6. The van der Waals surface area contributed by atoms with E-state index >= 15 is 0 Å². The van der Waals surface area contributed by atoms with Crippen LogP contribution in [0.2, 0.25) is 5.02 Å². The zero-order chi connectivity index (χ0) is 22.9. The van der Waals surface area contributed by atoms with E-state index in [-0.39, 0.29) is 10.8 Å². The van der Waals surface area contributed by atoms with E-state index in [9.17, 15) is 13.2 Å². The normalized spacial score (nSPS) is 11.3. The van der Waals surface area contributed by atoms with Crippen molar-refractivity contribution >= 4 is 59.9 Å². The summed E-state index contributed by atoms with van der Waals surface area (Å²) in [5.41, 5.74) is 2.41. The minimum Gasteiger partial charge on any atom is -0.497 e. The lowest BCUT2D eigenvalue weighted by molar-refractivity contribution is 0.102. The van der Waals surface area contributed by atoms with Gasteiger partial charge in [-0.05, 0) is 67.1 Å². The highest BCUT2D eigenvalue weighted by atomic mass is 35.5. The molecule has 3 aromatic carbocycles. The molecule has 0 saturated heterocycles. The van der Waals surface area contributed by atoms with Crippen molar-refractivity contribution in [3.63, 3.8) is 0 Å². The highest BCUT2D eigenvalue weighted by Crippen LogP contribution is 2.34. The number of rotatable bonds is 6. The predicted molar refractivity (Wildman–Crippen MR) is 128 cm³/mol. The van der Waals surface area contributed by atoms with Crippen LogP contribution in [0, 0.1) is 6.92 Å². The molecule has 0 aliphatic rings. The van der Waals surface area contributed by atoms with E-state index < -0.39 is 10.0 Å². The van der Waals surface area contributed by atoms with E-state index in [4.69, 9.17) is 16.3 Å². The van der Waals surface area contributed by atoms with E-state index in [0.717, 1.165) is 15.8 Å². The van der Waals surface area contributed by atoms with Gasteiger partial charge in [-0.3, -0.25) is 14.8 Å². The van der Waals surface area contributed by atoms with E-state index in [1.165, 1.54) is 54.8 Å². The lowest BCUT2D eigenvalue weighted by Gasteiger charge is -2.09. The van der Waals surface area contributed by atoms with Crippen molar-refractivity contribution < 1.29 is 17.9 Å². The van der Waals surface area contributed by atoms with Crippen LogP contribution < -0.4 is 14.8 Å². The van der Waals surface area contributed by atoms with E-state index in [1.54, 1.807) is 18.2 Å². The number of aromatic nitrogens is 1. The number of thiazole rings is 1. The fourth-order valence-electron chi connectivity index (χ4n) is 2.98. The number of carbonyl (C=O) groups excluding carboxylic acids is 1. The third-order valence-electron chi connectivity index (χ3n) is 4.69. The summed E-state index contributed by atoms with van der Waals surface area (Å²) in [6.07, 6.45) is 0. The molecule has 0 aliphatic carbocycles. The van der Waals surface area contributed by atoms with Crippen LogP contribution in [0.25, 0.3) is 10.2 Å². The average Bonchev–Trinajstić information content (AvgIpc) is 3.21. The molecule has 164 valence electrons. The van der Waals surface area contributed by atoms with Gasteiger partial charge in [-0.25, -0.2) is 13.4 Å². The fraction of sp³-hybridized carbons (Fsp3) is 0.0909. The Morgan fingerprint density at radius 1 is 1.03 bits per heavy atom. The zero-order valence-electron chi connectivity index (χ0n) is 17.0. The molecule has 0 saturated carbocycles. The number of methoxy groups -OCH3 is 1. The van der Waals surface area contributed by atoms with Crippen LogP contribution in [0.4, 0.5) is 10.8 Å². The summed E-state index contributed by atoms with van der Waals surface area (Å²) >= 11 is 7.52. The largest absolute Gasteiger partial charge is 0.497 e. The average molecular weight is 488 g/mol. The number of sulfonamides is 1. The predicted octanol–water partition coefficient (Wildman–Crippen LogP) is 5.32. The maximum Gasteiger partial charge on any atom is 0.261 e. The number of nitrogens with one attached hydrogen (secondary N) is 2. The molecule has 10 heteroatoms. The molecule has 7 nitrogen and oxygen atoms in total. The third kappa shape index (κ3) is 4.55. The first-order chi connectivity index (χ1) is 15.3. The Bertz CT molecular complexity index is 1360. The van der Waals surface area contributed by atoms with Crippen LogP contribution in [0.1, 0.15) is 15.9 Å². The van der Waals surface area contributed by atoms with Gasteiger partial charge in [0.1, 0.15) is 5.75 Å². The van der Waals surface area contributed by atoms with Crippen molar-refractivity contribution in [2.45, 2.75) is 11.8 Å². The monoisotopic (exact) mass is 487 g/mol. The Morgan fingerprint density at radius 2 is 1.72 bits per heavy atom. The summed E-state index contributed by atoms with van der Waals surface area (Å²) in [7, 11) is -2.26. The quantitative estimate of drug-likeness (QED) is 0.383. The Balaban J connectivity index is 1.47. The molecule has 4 rings (SSSR count). The Morgan fingerprint density at radius 3 is 2.34 bits per heavy atom. The number of halogens is 1. The molecule has 2 N–H and O–H groups in total. The maximum atomic E-state index is 12.6. The first kappa shape index (κ1) is 22.1. The van der Waals surface area contributed by atoms with Crippen LogP contribution in [0.15, 0.2) is 65.6 Å². The van der Waals surface area contributed by atoms with Crippen LogP contribution in [-0.4, -0.2) is 26.4 Å². The lowest BCUT2D eigenvalue weighted by atomic mass is 10.2. The van der Waals surface area contributed by atoms with Gasteiger partial charge in [0.15, 0.2) is 5.13 Å². The highest BCUT2D eigenvalue weighted by Gasteiger charge is 2.16. The molecule has 1 amide bonds. The minimum atomic E-state index is -3.77. The molecule has 0 bridgehead atoms. The van der Waals surface area contributed by atoms with Crippen LogP contribution >= 0.6 is 22.9 Å². The number of benzene rings is 3. The van der Waals surface area contributed by atoms with E-state index in [0.29, 0.717) is 27.2 Å². The van der Waals surface area contributed by atoms with Crippen LogP contribution in [-0.2, 0) is 10.0 Å². The second-order valence-electron chi connectivity index (χ2n) is 6.87. The summed E-state index contributed by atoms with van der Waals surface area (Å²) in [5.74, 6) is 0.201. The number of carbonyl (C=O) groups is 1. The number of hydrogen-bond donors (Lipinski definition) is 2. The van der Waals surface area contributed by atoms with Gasteiger partial charge < -0.3 is 4.74 Å². The van der Waals surface area contributed by atoms with Gasteiger partial charge in [0.05, 0.1) is 27.2 Å². The smallest absolute Gasteiger partial charge is 0.261 e. The van der Waals surface area contributed by atoms with Gasteiger partial charge in [0, 0.05) is 11.3 Å². The Labute approximate surface area is 194 Å². The van der Waals surface area contributed by atoms with Gasteiger partial charge in [0.25, 0.3) is 15.9 Å². The number of aryl methyl sites for hydroxylation is 1. The summed E-state index contributed by atoms with van der Waals surface area (Å²) < 4.78 is 33.5. The minimum absolute atomic E-state index is 0.102. The van der Waals surface area contributed by atoms with Crippen LogP contribution in [0.3, 0.4) is 0 Å². The molecule has 1 aromatic heterocycles. The van der Waals surface area contributed by atoms with Crippen molar-refractivity contribution in [2.75, 3.05) is 17.1 Å². The molecule has 0 spiro atoms. The van der Waals surface area contributed by atoms with Gasteiger partial charge in [0.2, 0.25) is 0 Å². The van der Waals surface area contributed by atoms with Gasteiger partial charge in [-0.2, -0.15) is 0 Å². The first-order valence-electron chi connectivity index (χ1n) is 9.41. The second-order valence-corrected chi connectivity index (χ2v) is 9.96. The summed E-state index contributed by atoms with van der Waals surface area (Å²) in [6, 6.07) is 15.8. The van der Waals surface area contributed by atoms with Gasteiger partial charge >= 0.3 is 0 Å². The molecule has 0 radical (unpaired) electrons. The first-order valence-corrected chi connectivity index (χ1v) is 12.1. The van der Waals surface area contributed by atoms with Crippen molar-refractivity contribution in [3.8, 4) is 5.75 Å². The molecular formula is C22H18ClN3O4S2. The molecule has 0 aliphatic heterocycles. The van der Waals surface area contributed by atoms with E-state index in [1.807, 2.05) is 13.0 Å². The van der Waals surface area contributed by atoms with Crippen molar-refractivity contribution in [1.29, 1.82) is 0 Å². The number of fused-ring (bicyclic) bond motifs is 1. The molecule has 32 heavy (non-hydrogen) atoms. The number of anilines is 2. The Kier molecular flexibility index (Phi) is 6.05. The number of ether oxygens (including phenoxy) is 1. The standard InChI is InChI=1S/C22H18ClN3O4S2/c1-13-3-12-18(23)20-19(13)24-22(31-20)25-21(27)14-4-6-15(7-5-14)26-32(28,29)17-10-8-16(30-2)9-11-17/h3-12,26H,1-2H3,(H,24,25,27). The maximum absolute atomic E-state index is 12.6. The molecule has 0 unspecified atom stereocenters. The molecule has 4 aromatic rings. The summed E-state index contributed by atoms with van der Waals surface area (Å²) in [5, 5.41) is 3.78. The Hall–Kier alpha value is -3.14. The van der Waals surface area contributed by atoms with Crippen molar-refractivity contribution in [2.24, 2.45) is 0 Å². The summed E-state index contributed by atoms with van der Waals surface area (Å²) in [4.78, 5) is 17.2. The topological polar surface area (TPSA) is 97.4 Å².